The molecule has 102 valence electrons. The number of rotatable bonds is 2. The minimum absolute atomic E-state index is 0.446. The highest BCUT2D eigenvalue weighted by atomic mass is 32.2. The Labute approximate surface area is 117 Å². The second-order valence-electron chi connectivity index (χ2n) is 4.38. The highest BCUT2D eigenvalue weighted by Crippen LogP contribution is 2.30. The first kappa shape index (κ1) is 12.7. The molecule has 2 aromatic carbocycles. The fourth-order valence-corrected chi connectivity index (χ4v) is 3.59. The van der Waals surface area contributed by atoms with Crippen LogP contribution in [-0.2, 0) is 14.8 Å². The van der Waals surface area contributed by atoms with Crippen molar-refractivity contribution < 1.29 is 13.2 Å². The van der Waals surface area contributed by atoms with Gasteiger partial charge < -0.3 is 0 Å². The van der Waals surface area contributed by atoms with E-state index in [0.29, 0.717) is 11.4 Å². The molecule has 6 heteroatoms. The van der Waals surface area contributed by atoms with Crippen LogP contribution in [-0.4, -0.2) is 20.1 Å². The largest absolute Gasteiger partial charge is 0.271 e. The van der Waals surface area contributed by atoms with Crippen molar-refractivity contribution in [2.24, 2.45) is 0 Å². The van der Waals surface area contributed by atoms with Crippen LogP contribution in [0.5, 0.6) is 0 Å². The Morgan fingerprint density at radius 3 is 1.85 bits per heavy atom. The molecule has 0 aromatic heterocycles. The van der Waals surface area contributed by atoms with Crippen LogP contribution in [0.4, 0.5) is 11.4 Å². The number of anilines is 2. The molecule has 0 radical (unpaired) electrons. The summed E-state index contributed by atoms with van der Waals surface area (Å²) in [6, 6.07) is 17.3. The second kappa shape index (κ2) is 4.64. The van der Waals surface area contributed by atoms with E-state index in [1.807, 2.05) is 6.07 Å². The Hall–Kier alpha value is -2.34. The molecule has 1 aliphatic rings. The molecule has 1 saturated heterocycles. The summed E-state index contributed by atoms with van der Waals surface area (Å²) in [5.74, 6) is -0.975. The number of amides is 1. The summed E-state index contributed by atoms with van der Waals surface area (Å²) in [4.78, 5) is 12.1. The van der Waals surface area contributed by atoms with E-state index in [2.05, 4.69) is 0 Å². The van der Waals surface area contributed by atoms with Crippen LogP contribution in [0.3, 0.4) is 0 Å². The van der Waals surface area contributed by atoms with Crippen LogP contribution in [0.15, 0.2) is 60.7 Å². The maximum atomic E-state index is 12.2. The monoisotopic (exact) mass is 288 g/mol. The van der Waals surface area contributed by atoms with Gasteiger partial charge in [-0.05, 0) is 24.3 Å². The number of para-hydroxylation sites is 2. The van der Waals surface area contributed by atoms with Gasteiger partial charge in [0.25, 0.3) is 15.9 Å². The van der Waals surface area contributed by atoms with E-state index in [0.717, 1.165) is 4.41 Å². The predicted octanol–water partition coefficient (Wildman–Crippen LogP) is 1.78. The number of hydrogen-bond acceptors (Lipinski definition) is 3. The Bertz CT molecular complexity index is 730. The topological polar surface area (TPSA) is 57.7 Å². The maximum absolute atomic E-state index is 12.2. The first-order valence-electron chi connectivity index (χ1n) is 6.05. The Morgan fingerprint density at radius 2 is 1.30 bits per heavy atom. The highest BCUT2D eigenvalue weighted by Gasteiger charge is 2.42. The predicted molar refractivity (Wildman–Crippen MR) is 76.6 cm³/mol. The summed E-state index contributed by atoms with van der Waals surface area (Å²) in [7, 11) is -3.68. The molecule has 0 aliphatic carbocycles. The minimum atomic E-state index is -3.68. The molecule has 1 aliphatic heterocycles. The number of nitrogens with zero attached hydrogens (tertiary/aromatic N) is 2. The van der Waals surface area contributed by atoms with Crippen molar-refractivity contribution in [2.45, 2.75) is 0 Å². The summed E-state index contributed by atoms with van der Waals surface area (Å²) in [5, 5.41) is 1.20. The van der Waals surface area contributed by atoms with Gasteiger partial charge in [0.05, 0.1) is 11.4 Å². The third kappa shape index (κ3) is 2.04. The van der Waals surface area contributed by atoms with E-state index in [9.17, 15) is 13.2 Å². The lowest BCUT2D eigenvalue weighted by Gasteiger charge is -2.27. The molecule has 0 saturated carbocycles. The zero-order valence-electron chi connectivity index (χ0n) is 10.5. The molecule has 0 N–H and O–H groups in total. The summed E-state index contributed by atoms with van der Waals surface area (Å²) < 4.78 is 25.5. The third-order valence-electron chi connectivity index (χ3n) is 2.97. The summed E-state index contributed by atoms with van der Waals surface area (Å²) >= 11 is 0. The van der Waals surface area contributed by atoms with Crippen LogP contribution < -0.4 is 9.42 Å². The fourth-order valence-electron chi connectivity index (χ4n) is 2.15. The summed E-state index contributed by atoms with van der Waals surface area (Å²) in [6.45, 7) is 0. The van der Waals surface area contributed by atoms with Gasteiger partial charge in [-0.15, -0.1) is 0 Å². The molecule has 3 rings (SSSR count). The van der Waals surface area contributed by atoms with E-state index in [1.165, 1.54) is 5.01 Å². The van der Waals surface area contributed by atoms with Crippen molar-refractivity contribution in [3.05, 3.63) is 60.7 Å². The zero-order valence-corrected chi connectivity index (χ0v) is 11.3. The molecule has 1 amide bonds. The quantitative estimate of drug-likeness (QED) is 0.846. The number of sulfonamides is 1. The van der Waals surface area contributed by atoms with Gasteiger partial charge in [-0.25, -0.2) is 13.4 Å². The molecule has 5 nitrogen and oxygen atoms in total. The van der Waals surface area contributed by atoms with Gasteiger partial charge >= 0.3 is 0 Å². The average molecular weight is 288 g/mol. The van der Waals surface area contributed by atoms with Crippen LogP contribution >= 0.6 is 0 Å². The number of carbonyl (C=O) groups excluding carboxylic acids is 1. The van der Waals surface area contributed by atoms with Crippen LogP contribution in [0.1, 0.15) is 0 Å². The molecular weight excluding hydrogens is 276 g/mol. The van der Waals surface area contributed by atoms with E-state index >= 15 is 0 Å². The number of hydrogen-bond donors (Lipinski definition) is 0. The van der Waals surface area contributed by atoms with Crippen molar-refractivity contribution in [3.8, 4) is 0 Å². The van der Waals surface area contributed by atoms with Gasteiger partial charge in [-0.1, -0.05) is 36.4 Å². The lowest BCUT2D eigenvalue weighted by Crippen LogP contribution is -2.41. The van der Waals surface area contributed by atoms with Gasteiger partial charge in [0.1, 0.15) is 0 Å². The molecule has 0 atom stereocenters. The van der Waals surface area contributed by atoms with Crippen molar-refractivity contribution in [3.63, 3.8) is 0 Å². The first-order valence-corrected chi connectivity index (χ1v) is 7.66. The van der Waals surface area contributed by atoms with Gasteiger partial charge in [0.2, 0.25) is 0 Å². The molecule has 2 aromatic rings. The second-order valence-corrected chi connectivity index (χ2v) is 6.17. The Morgan fingerprint density at radius 1 is 0.800 bits per heavy atom. The van der Waals surface area contributed by atoms with Crippen LogP contribution in [0, 0.1) is 0 Å². The van der Waals surface area contributed by atoms with E-state index in [4.69, 9.17) is 0 Å². The lowest BCUT2D eigenvalue weighted by atomic mass is 10.3. The van der Waals surface area contributed by atoms with Crippen molar-refractivity contribution in [1.82, 2.24) is 0 Å². The normalized spacial score (nSPS) is 17.5. The molecule has 0 bridgehead atoms. The van der Waals surface area contributed by atoms with Crippen molar-refractivity contribution in [2.75, 3.05) is 15.2 Å². The van der Waals surface area contributed by atoms with E-state index in [-0.39, 0.29) is 0 Å². The van der Waals surface area contributed by atoms with Gasteiger partial charge in [0.15, 0.2) is 5.75 Å². The number of hydrazine groups is 1. The number of benzene rings is 2. The minimum Gasteiger partial charge on any atom is -0.271 e. The highest BCUT2D eigenvalue weighted by molar-refractivity contribution is 7.94. The summed E-state index contributed by atoms with van der Waals surface area (Å²) in [6.07, 6.45) is 0. The first-order chi connectivity index (χ1) is 9.59. The van der Waals surface area contributed by atoms with Gasteiger partial charge in [0, 0.05) is 0 Å². The molecule has 1 heterocycles. The number of carbonyl (C=O) groups is 1. The molecule has 0 unspecified atom stereocenters. The van der Waals surface area contributed by atoms with E-state index in [1.54, 1.807) is 54.6 Å². The summed E-state index contributed by atoms with van der Waals surface area (Å²) in [5.41, 5.74) is 0.977. The van der Waals surface area contributed by atoms with Crippen LogP contribution in [0.2, 0.25) is 0 Å². The Balaban J connectivity index is 2.15. The van der Waals surface area contributed by atoms with Crippen molar-refractivity contribution >= 4 is 27.3 Å². The SMILES string of the molecule is O=C1CS(=O)(=O)N(c2ccccc2)N1c1ccccc1. The van der Waals surface area contributed by atoms with Gasteiger partial charge in [-0.2, -0.15) is 4.41 Å². The van der Waals surface area contributed by atoms with Crippen LogP contribution in [0.25, 0.3) is 0 Å². The molecule has 0 spiro atoms. The van der Waals surface area contributed by atoms with Gasteiger partial charge in [-0.3, -0.25) is 4.79 Å². The smallest absolute Gasteiger partial charge is 0.263 e. The molecule has 20 heavy (non-hydrogen) atoms. The maximum Gasteiger partial charge on any atom is 0.263 e. The van der Waals surface area contributed by atoms with Crippen molar-refractivity contribution in [1.29, 1.82) is 0 Å². The zero-order chi connectivity index (χ0) is 14.2. The van der Waals surface area contributed by atoms with E-state index < -0.39 is 21.7 Å². The molecule has 1 fully saturated rings. The fraction of sp³-hybridized carbons (Fsp3) is 0.0714. The average Bonchev–Trinajstić information content (AvgIpc) is 2.70. The standard InChI is InChI=1S/C14H12N2O3S/c17-14-11-20(18,19)16(13-9-5-2-6-10-13)15(14)12-7-3-1-4-8-12/h1-10H,11H2. The lowest BCUT2D eigenvalue weighted by molar-refractivity contribution is -0.115. The third-order valence-corrected chi connectivity index (χ3v) is 4.48. The molecular formula is C14H12N2O3S. The Kier molecular flexibility index (Phi) is 2.94.